The Morgan fingerprint density at radius 3 is 2.88 bits per heavy atom. The van der Waals surface area contributed by atoms with E-state index in [1.54, 1.807) is 19.4 Å². The molecule has 32 heavy (non-hydrogen) atoms. The SMILES string of the molecule is CCc1cc(OC)cc2nc(-c3cccnc3N3C[C@H](CNC4CC4)[C@@H](C)C3)oc(=O)c12. The fourth-order valence-corrected chi connectivity index (χ4v) is 4.66. The van der Waals surface area contributed by atoms with E-state index in [9.17, 15) is 4.79 Å². The van der Waals surface area contributed by atoms with Crippen LogP contribution in [-0.2, 0) is 6.42 Å². The first-order valence-electron chi connectivity index (χ1n) is 11.5. The van der Waals surface area contributed by atoms with Gasteiger partial charge in [-0.15, -0.1) is 0 Å². The number of fused-ring (bicyclic) bond motifs is 1. The summed E-state index contributed by atoms with van der Waals surface area (Å²) in [6.07, 6.45) is 5.08. The number of aryl methyl sites for hydroxylation is 1. The van der Waals surface area contributed by atoms with Crippen molar-refractivity contribution in [2.75, 3.05) is 31.6 Å². The second-order valence-corrected chi connectivity index (χ2v) is 9.04. The molecular formula is C25H30N4O3. The molecule has 1 saturated carbocycles. The number of rotatable bonds is 7. The van der Waals surface area contributed by atoms with Gasteiger partial charge in [0.1, 0.15) is 11.6 Å². The molecule has 0 amide bonds. The number of pyridine rings is 1. The Balaban J connectivity index is 1.51. The highest BCUT2D eigenvalue weighted by molar-refractivity contribution is 5.84. The summed E-state index contributed by atoms with van der Waals surface area (Å²) < 4.78 is 11.2. The maximum atomic E-state index is 13.0. The number of anilines is 1. The van der Waals surface area contributed by atoms with E-state index in [0.29, 0.717) is 46.8 Å². The highest BCUT2D eigenvalue weighted by Gasteiger charge is 2.33. The first kappa shape index (κ1) is 20.9. The van der Waals surface area contributed by atoms with Crippen LogP contribution < -0.4 is 20.6 Å². The number of methoxy groups -OCH3 is 1. The Hall–Kier alpha value is -2.93. The van der Waals surface area contributed by atoms with Gasteiger partial charge in [0.2, 0.25) is 5.89 Å². The number of hydrogen-bond acceptors (Lipinski definition) is 7. The van der Waals surface area contributed by atoms with Crippen LogP contribution in [0, 0.1) is 11.8 Å². The fraction of sp³-hybridized carbons (Fsp3) is 0.480. The molecule has 0 spiro atoms. The van der Waals surface area contributed by atoms with Gasteiger partial charge in [-0.2, -0.15) is 0 Å². The Labute approximate surface area is 187 Å². The first-order chi connectivity index (χ1) is 15.6. The van der Waals surface area contributed by atoms with Crippen LogP contribution in [-0.4, -0.2) is 42.8 Å². The van der Waals surface area contributed by atoms with Crippen LogP contribution in [0.4, 0.5) is 5.82 Å². The van der Waals surface area contributed by atoms with Gasteiger partial charge in [-0.25, -0.2) is 14.8 Å². The van der Waals surface area contributed by atoms with Crippen molar-refractivity contribution >= 4 is 16.7 Å². The standard InChI is InChI=1S/C25H30N4O3/c1-4-16-10-19(31-3)11-21-22(16)25(30)32-24(28-21)20-6-5-9-26-23(20)29-13-15(2)17(14-29)12-27-18-7-8-18/h5-6,9-11,15,17-18,27H,4,7-8,12-14H2,1-3H3/t15-,17-/m0/s1. The van der Waals surface area contributed by atoms with Gasteiger partial charge >= 0.3 is 5.63 Å². The minimum absolute atomic E-state index is 0.299. The van der Waals surface area contributed by atoms with Gasteiger partial charge in [0.05, 0.1) is 23.6 Å². The molecule has 5 rings (SSSR count). The van der Waals surface area contributed by atoms with Gasteiger partial charge in [0, 0.05) is 37.9 Å². The third kappa shape index (κ3) is 3.97. The lowest BCUT2D eigenvalue weighted by atomic mass is 9.98. The molecule has 2 atom stereocenters. The van der Waals surface area contributed by atoms with Crippen molar-refractivity contribution in [3.8, 4) is 17.2 Å². The number of hydrogen-bond donors (Lipinski definition) is 1. The third-order valence-corrected chi connectivity index (χ3v) is 6.74. The maximum absolute atomic E-state index is 13.0. The number of nitrogens with one attached hydrogen (secondary N) is 1. The number of benzene rings is 1. The van der Waals surface area contributed by atoms with E-state index in [4.69, 9.17) is 14.1 Å². The van der Waals surface area contributed by atoms with Gasteiger partial charge < -0.3 is 19.4 Å². The lowest BCUT2D eigenvalue weighted by Crippen LogP contribution is -2.29. The van der Waals surface area contributed by atoms with Gasteiger partial charge in [-0.05, 0) is 54.9 Å². The summed E-state index contributed by atoms with van der Waals surface area (Å²) in [5.41, 5.74) is 1.83. The van der Waals surface area contributed by atoms with Crippen molar-refractivity contribution in [3.63, 3.8) is 0 Å². The van der Waals surface area contributed by atoms with Crippen LogP contribution in [0.3, 0.4) is 0 Å². The van der Waals surface area contributed by atoms with E-state index in [1.165, 1.54) is 12.8 Å². The molecule has 1 aliphatic carbocycles. The van der Waals surface area contributed by atoms with Crippen molar-refractivity contribution < 1.29 is 9.15 Å². The minimum Gasteiger partial charge on any atom is -0.497 e. The van der Waals surface area contributed by atoms with Gasteiger partial charge in [-0.1, -0.05) is 13.8 Å². The molecule has 2 aliphatic rings. The maximum Gasteiger partial charge on any atom is 0.347 e. The van der Waals surface area contributed by atoms with Crippen LogP contribution in [0.15, 0.2) is 39.7 Å². The van der Waals surface area contributed by atoms with Crippen LogP contribution in [0.1, 0.15) is 32.3 Å². The molecule has 2 fully saturated rings. The molecule has 3 heterocycles. The van der Waals surface area contributed by atoms with Crippen LogP contribution in [0.25, 0.3) is 22.4 Å². The summed E-state index contributed by atoms with van der Waals surface area (Å²) in [5, 5.41) is 4.18. The summed E-state index contributed by atoms with van der Waals surface area (Å²) >= 11 is 0. The van der Waals surface area contributed by atoms with Crippen molar-refractivity contribution in [1.82, 2.24) is 15.3 Å². The normalized spacial score (nSPS) is 20.8. The highest BCUT2D eigenvalue weighted by Crippen LogP contribution is 2.34. The molecule has 1 aliphatic heterocycles. The zero-order valence-corrected chi connectivity index (χ0v) is 18.9. The van der Waals surface area contributed by atoms with Gasteiger partial charge in [-0.3, -0.25) is 0 Å². The first-order valence-corrected chi connectivity index (χ1v) is 11.5. The predicted molar refractivity (Wildman–Crippen MR) is 125 cm³/mol. The van der Waals surface area contributed by atoms with Gasteiger partial charge in [0.15, 0.2) is 0 Å². The molecule has 0 bridgehead atoms. The van der Waals surface area contributed by atoms with Crippen LogP contribution in [0.2, 0.25) is 0 Å². The number of aromatic nitrogens is 2. The summed E-state index contributed by atoms with van der Waals surface area (Å²) in [6.45, 7) is 7.19. The zero-order valence-electron chi connectivity index (χ0n) is 18.9. The largest absolute Gasteiger partial charge is 0.497 e. The molecule has 7 nitrogen and oxygen atoms in total. The second-order valence-electron chi connectivity index (χ2n) is 9.04. The number of nitrogens with zero attached hydrogens (tertiary/aromatic N) is 3. The summed E-state index contributed by atoms with van der Waals surface area (Å²) in [7, 11) is 1.62. The lowest BCUT2D eigenvalue weighted by molar-refractivity contribution is 0.414. The summed E-state index contributed by atoms with van der Waals surface area (Å²) in [6, 6.07) is 8.17. The quantitative estimate of drug-likeness (QED) is 0.608. The molecule has 168 valence electrons. The average molecular weight is 435 g/mol. The Morgan fingerprint density at radius 2 is 2.12 bits per heavy atom. The van der Waals surface area contributed by atoms with Crippen molar-refractivity contribution in [1.29, 1.82) is 0 Å². The topological polar surface area (TPSA) is 80.5 Å². The van der Waals surface area contributed by atoms with E-state index in [1.807, 2.05) is 25.1 Å². The second kappa shape index (κ2) is 8.54. The minimum atomic E-state index is -0.374. The monoisotopic (exact) mass is 434 g/mol. The summed E-state index contributed by atoms with van der Waals surface area (Å²) in [4.78, 5) is 24.7. The molecule has 7 heteroatoms. The molecule has 0 radical (unpaired) electrons. The van der Waals surface area contributed by atoms with Crippen LogP contribution >= 0.6 is 0 Å². The number of ether oxygens (including phenoxy) is 1. The molecule has 1 aromatic carbocycles. The molecule has 0 unspecified atom stereocenters. The zero-order chi connectivity index (χ0) is 22.2. The Bertz CT molecular complexity index is 1190. The van der Waals surface area contributed by atoms with Crippen LogP contribution in [0.5, 0.6) is 5.75 Å². The Kier molecular flexibility index (Phi) is 5.59. The van der Waals surface area contributed by atoms with Gasteiger partial charge in [0.25, 0.3) is 0 Å². The molecule has 2 aromatic heterocycles. The fourth-order valence-electron chi connectivity index (χ4n) is 4.66. The molecule has 1 N–H and O–H groups in total. The van der Waals surface area contributed by atoms with E-state index in [-0.39, 0.29) is 5.63 Å². The molecule has 1 saturated heterocycles. The summed E-state index contributed by atoms with van der Waals surface area (Å²) in [5.74, 6) is 2.93. The van der Waals surface area contributed by atoms with E-state index in [2.05, 4.69) is 22.1 Å². The molecular weight excluding hydrogens is 404 g/mol. The molecule has 3 aromatic rings. The lowest BCUT2D eigenvalue weighted by Gasteiger charge is -2.20. The highest BCUT2D eigenvalue weighted by atomic mass is 16.5. The van der Waals surface area contributed by atoms with E-state index in [0.717, 1.165) is 36.6 Å². The average Bonchev–Trinajstić information content (AvgIpc) is 3.57. The van der Waals surface area contributed by atoms with E-state index >= 15 is 0 Å². The predicted octanol–water partition coefficient (Wildman–Crippen LogP) is 3.65. The smallest absolute Gasteiger partial charge is 0.347 e. The van der Waals surface area contributed by atoms with Crippen molar-refractivity contribution in [2.45, 2.75) is 39.2 Å². The van der Waals surface area contributed by atoms with Crippen molar-refractivity contribution in [2.24, 2.45) is 11.8 Å². The Morgan fingerprint density at radius 1 is 1.28 bits per heavy atom. The third-order valence-electron chi connectivity index (χ3n) is 6.74. The van der Waals surface area contributed by atoms with Crippen molar-refractivity contribution in [3.05, 3.63) is 46.4 Å². The van der Waals surface area contributed by atoms with E-state index < -0.39 is 0 Å².